The molecule has 0 bridgehead atoms. The van der Waals surface area contributed by atoms with Gasteiger partial charge in [0.2, 0.25) is 17.7 Å². The molecule has 0 aliphatic heterocycles. The molecule has 0 saturated heterocycles. The van der Waals surface area contributed by atoms with Crippen LogP contribution < -0.4 is 27.4 Å². The Morgan fingerprint density at radius 1 is 0.875 bits per heavy atom. The lowest BCUT2D eigenvalue weighted by Gasteiger charge is -2.26. The van der Waals surface area contributed by atoms with Crippen molar-refractivity contribution < 1.29 is 44.4 Å². The number of aliphatic carboxylic acids is 2. The van der Waals surface area contributed by atoms with Crippen molar-refractivity contribution in [2.45, 2.75) is 69.3 Å². The van der Waals surface area contributed by atoms with E-state index >= 15 is 0 Å². The Morgan fingerprint density at radius 2 is 1.47 bits per heavy atom. The molecule has 0 aromatic heterocycles. The third-order valence-electron chi connectivity index (χ3n) is 4.45. The largest absolute Gasteiger partial charge is 0.481 e. The third kappa shape index (κ3) is 11.0. The van der Waals surface area contributed by atoms with Crippen LogP contribution in [0.5, 0.6) is 0 Å². The number of aliphatic hydroxyl groups is 2. The van der Waals surface area contributed by atoms with Gasteiger partial charge in [-0.3, -0.25) is 19.2 Å². The van der Waals surface area contributed by atoms with E-state index in [-0.39, 0.29) is 19.3 Å². The predicted molar refractivity (Wildman–Crippen MR) is 110 cm³/mol. The summed E-state index contributed by atoms with van der Waals surface area (Å²) in [6.45, 7) is 0.605. The molecule has 0 saturated carbocycles. The minimum Gasteiger partial charge on any atom is -0.481 e. The van der Waals surface area contributed by atoms with Gasteiger partial charge < -0.3 is 47.8 Å². The van der Waals surface area contributed by atoms with Crippen molar-refractivity contribution in [2.24, 2.45) is 11.5 Å². The number of amides is 3. The number of carboxylic acids is 2. The second-order valence-electron chi connectivity index (χ2n) is 7.19. The lowest BCUT2D eigenvalue weighted by molar-refractivity contribution is -0.144. The summed E-state index contributed by atoms with van der Waals surface area (Å²) in [6, 6.07) is -5.59. The van der Waals surface area contributed by atoms with E-state index in [0.29, 0.717) is 19.4 Å². The number of hydrogen-bond donors (Lipinski definition) is 9. The van der Waals surface area contributed by atoms with E-state index in [1.54, 1.807) is 0 Å². The van der Waals surface area contributed by atoms with Gasteiger partial charge in [-0.05, 0) is 39.2 Å². The maximum absolute atomic E-state index is 12.7. The molecule has 0 heterocycles. The monoisotopic (exact) mass is 463 g/mol. The number of rotatable bonds is 16. The fourth-order valence-electron chi connectivity index (χ4n) is 2.56. The number of aliphatic hydroxyl groups excluding tert-OH is 2. The van der Waals surface area contributed by atoms with Crippen molar-refractivity contribution >= 4 is 29.7 Å². The van der Waals surface area contributed by atoms with Crippen LogP contribution in [-0.4, -0.2) is 93.5 Å². The number of hydrogen-bond acceptors (Lipinski definition) is 9. The summed E-state index contributed by atoms with van der Waals surface area (Å²) in [5, 5.41) is 43.2. The first-order valence-corrected chi connectivity index (χ1v) is 10.0. The van der Waals surface area contributed by atoms with Crippen LogP contribution in [0, 0.1) is 0 Å². The topological polar surface area (TPSA) is 254 Å². The molecule has 0 aliphatic carbocycles. The maximum Gasteiger partial charge on any atom is 0.328 e. The molecular formula is C18H33N5O9. The molecule has 0 aromatic carbocycles. The molecule has 0 fully saturated rings. The molecule has 0 aromatic rings. The van der Waals surface area contributed by atoms with Crippen molar-refractivity contribution in [1.29, 1.82) is 0 Å². The summed E-state index contributed by atoms with van der Waals surface area (Å²) < 4.78 is 0. The molecule has 14 nitrogen and oxygen atoms in total. The predicted octanol–water partition coefficient (Wildman–Crippen LogP) is -3.78. The highest BCUT2D eigenvalue weighted by atomic mass is 16.4. The molecular weight excluding hydrogens is 430 g/mol. The number of nitrogens with two attached hydrogens (primary N) is 2. The lowest BCUT2D eigenvalue weighted by Crippen LogP contribution is -2.60. The zero-order chi connectivity index (χ0) is 24.8. The number of carbonyl (C=O) groups excluding carboxylic acids is 3. The van der Waals surface area contributed by atoms with E-state index in [2.05, 4.69) is 10.6 Å². The van der Waals surface area contributed by atoms with Crippen LogP contribution in [0.25, 0.3) is 0 Å². The quantitative estimate of drug-likeness (QED) is 0.100. The summed E-state index contributed by atoms with van der Waals surface area (Å²) in [5.41, 5.74) is 11.1. The Kier molecular flexibility index (Phi) is 13.7. The number of carbonyl (C=O) groups is 5. The molecule has 0 radical (unpaired) electrons. The van der Waals surface area contributed by atoms with Crippen LogP contribution in [0.1, 0.15) is 39.0 Å². The van der Waals surface area contributed by atoms with Crippen LogP contribution >= 0.6 is 0 Å². The van der Waals surface area contributed by atoms with Gasteiger partial charge in [0, 0.05) is 6.42 Å². The minimum absolute atomic E-state index is 0.114. The standard InChI is InChI=1S/C18H33N5O9/c1-9(25)14(17(30)22-12(8-24)18(31)32)23-16(29)11(4-2-3-7-19)21-15(28)10(20)5-6-13(26)27/h9-12,14,24-25H,2-8,19-20H2,1H3,(H,21,28)(H,22,30)(H,23,29)(H,26,27)(H,31,32). The van der Waals surface area contributed by atoms with Crippen molar-refractivity contribution in [3.63, 3.8) is 0 Å². The van der Waals surface area contributed by atoms with Crippen molar-refractivity contribution in [2.75, 3.05) is 13.2 Å². The van der Waals surface area contributed by atoms with E-state index in [1.807, 2.05) is 5.32 Å². The molecule has 11 N–H and O–H groups in total. The summed E-state index contributed by atoms with van der Waals surface area (Å²) >= 11 is 0. The fourth-order valence-corrected chi connectivity index (χ4v) is 2.56. The molecule has 5 unspecified atom stereocenters. The van der Waals surface area contributed by atoms with Gasteiger partial charge in [-0.1, -0.05) is 0 Å². The maximum atomic E-state index is 12.7. The Balaban J connectivity index is 5.32. The van der Waals surface area contributed by atoms with Crippen molar-refractivity contribution in [3.05, 3.63) is 0 Å². The SMILES string of the molecule is CC(O)C(NC(=O)C(CCCCN)NC(=O)C(N)CCC(=O)O)C(=O)NC(CO)C(=O)O. The number of unbranched alkanes of at least 4 members (excludes halogenated alkanes) is 1. The Bertz CT molecular complexity index is 659. The number of carboxylic acid groups (broad SMARTS) is 2. The van der Waals surface area contributed by atoms with Gasteiger partial charge >= 0.3 is 11.9 Å². The highest BCUT2D eigenvalue weighted by Crippen LogP contribution is 2.05. The molecule has 3 amide bonds. The van der Waals surface area contributed by atoms with E-state index in [1.165, 1.54) is 6.92 Å². The second-order valence-corrected chi connectivity index (χ2v) is 7.19. The van der Waals surface area contributed by atoms with Crippen molar-refractivity contribution in [3.8, 4) is 0 Å². The van der Waals surface area contributed by atoms with Gasteiger partial charge in [0.15, 0.2) is 0 Å². The van der Waals surface area contributed by atoms with Gasteiger partial charge in [-0.25, -0.2) is 4.79 Å². The van der Waals surface area contributed by atoms with Crippen LogP contribution in [0.15, 0.2) is 0 Å². The third-order valence-corrected chi connectivity index (χ3v) is 4.45. The summed E-state index contributed by atoms with van der Waals surface area (Å²) in [5.74, 6) is -5.33. The summed E-state index contributed by atoms with van der Waals surface area (Å²) in [4.78, 5) is 58.9. The molecule has 184 valence electrons. The first-order chi connectivity index (χ1) is 14.9. The van der Waals surface area contributed by atoms with Crippen LogP contribution in [0.3, 0.4) is 0 Å². The first-order valence-electron chi connectivity index (χ1n) is 10.0. The zero-order valence-electron chi connectivity index (χ0n) is 17.8. The van der Waals surface area contributed by atoms with E-state index in [0.717, 1.165) is 0 Å². The average molecular weight is 463 g/mol. The molecule has 0 rings (SSSR count). The van der Waals surface area contributed by atoms with Crippen LogP contribution in [-0.2, 0) is 24.0 Å². The normalized spacial score (nSPS) is 15.5. The summed E-state index contributed by atoms with van der Waals surface area (Å²) in [7, 11) is 0. The summed E-state index contributed by atoms with van der Waals surface area (Å²) in [6.07, 6.45) is -0.876. The Morgan fingerprint density at radius 3 is 1.94 bits per heavy atom. The molecule has 32 heavy (non-hydrogen) atoms. The van der Waals surface area contributed by atoms with E-state index in [9.17, 15) is 29.1 Å². The van der Waals surface area contributed by atoms with Gasteiger partial charge in [0.25, 0.3) is 0 Å². The van der Waals surface area contributed by atoms with Gasteiger partial charge in [-0.15, -0.1) is 0 Å². The van der Waals surface area contributed by atoms with E-state index in [4.69, 9.17) is 26.8 Å². The fraction of sp³-hybridized carbons (Fsp3) is 0.722. The van der Waals surface area contributed by atoms with Crippen LogP contribution in [0.4, 0.5) is 0 Å². The first kappa shape index (κ1) is 29.2. The van der Waals surface area contributed by atoms with Crippen LogP contribution in [0.2, 0.25) is 0 Å². The molecule has 0 aliphatic rings. The van der Waals surface area contributed by atoms with Gasteiger partial charge in [0.1, 0.15) is 18.1 Å². The van der Waals surface area contributed by atoms with E-state index < -0.39 is 66.5 Å². The zero-order valence-corrected chi connectivity index (χ0v) is 17.8. The van der Waals surface area contributed by atoms with Gasteiger partial charge in [0.05, 0.1) is 18.8 Å². The highest BCUT2D eigenvalue weighted by Gasteiger charge is 2.32. The Labute approximate surface area is 184 Å². The molecule has 14 heteroatoms. The average Bonchev–Trinajstić information content (AvgIpc) is 2.72. The molecule has 5 atom stereocenters. The van der Waals surface area contributed by atoms with Crippen molar-refractivity contribution in [1.82, 2.24) is 16.0 Å². The lowest BCUT2D eigenvalue weighted by atomic mass is 10.0. The number of nitrogens with one attached hydrogen (secondary N) is 3. The Hall–Kier alpha value is -2.81. The van der Waals surface area contributed by atoms with Gasteiger partial charge in [-0.2, -0.15) is 0 Å². The molecule has 0 spiro atoms. The minimum atomic E-state index is -1.65. The second kappa shape index (κ2) is 15.1. The highest BCUT2D eigenvalue weighted by molar-refractivity contribution is 5.94. The smallest absolute Gasteiger partial charge is 0.328 e.